The highest BCUT2D eigenvalue weighted by molar-refractivity contribution is 5.89. The molecular formula is C25H28FN3O2. The van der Waals surface area contributed by atoms with Crippen molar-refractivity contribution in [3.8, 4) is 0 Å². The Morgan fingerprint density at radius 1 is 1.13 bits per heavy atom. The first kappa shape index (κ1) is 21.2. The predicted octanol–water partition coefficient (Wildman–Crippen LogP) is 3.14. The van der Waals surface area contributed by atoms with E-state index in [0.717, 1.165) is 24.1 Å². The van der Waals surface area contributed by atoms with Crippen molar-refractivity contribution < 1.29 is 14.0 Å². The molecule has 0 bridgehead atoms. The summed E-state index contributed by atoms with van der Waals surface area (Å²) in [6.07, 6.45) is 2.93. The van der Waals surface area contributed by atoms with Crippen LogP contribution in [-0.2, 0) is 16.1 Å². The zero-order valence-electron chi connectivity index (χ0n) is 17.8. The van der Waals surface area contributed by atoms with E-state index < -0.39 is 6.04 Å². The zero-order chi connectivity index (χ0) is 21.8. The fourth-order valence-electron chi connectivity index (χ4n) is 4.30. The van der Waals surface area contributed by atoms with Gasteiger partial charge in [0, 0.05) is 32.7 Å². The molecule has 0 aromatic heterocycles. The zero-order valence-corrected chi connectivity index (χ0v) is 17.8. The summed E-state index contributed by atoms with van der Waals surface area (Å²) < 4.78 is 13.2. The Balaban J connectivity index is 1.40. The smallest absolute Gasteiger partial charge is 0.237 e. The van der Waals surface area contributed by atoms with Gasteiger partial charge in [0.2, 0.25) is 11.8 Å². The monoisotopic (exact) mass is 421 g/mol. The molecule has 31 heavy (non-hydrogen) atoms. The number of nitrogens with zero attached hydrogens (tertiary/aromatic N) is 2. The number of rotatable bonds is 5. The first-order valence-electron chi connectivity index (χ1n) is 10.8. The summed E-state index contributed by atoms with van der Waals surface area (Å²) in [7, 11) is 0. The Kier molecular flexibility index (Phi) is 6.47. The van der Waals surface area contributed by atoms with Crippen LogP contribution in [0.15, 0.2) is 54.6 Å². The Labute approximate surface area is 182 Å². The molecule has 1 atom stereocenters. The molecule has 2 heterocycles. The van der Waals surface area contributed by atoms with Crippen molar-refractivity contribution >= 4 is 17.4 Å². The van der Waals surface area contributed by atoms with Crippen LogP contribution in [0.1, 0.15) is 29.5 Å². The van der Waals surface area contributed by atoms with Gasteiger partial charge in [-0.3, -0.25) is 14.5 Å². The highest BCUT2D eigenvalue weighted by atomic mass is 19.1. The van der Waals surface area contributed by atoms with Crippen LogP contribution in [0.5, 0.6) is 0 Å². The highest BCUT2D eigenvalue weighted by Gasteiger charge is 2.33. The number of amides is 2. The van der Waals surface area contributed by atoms with Gasteiger partial charge in [-0.2, -0.15) is 0 Å². The van der Waals surface area contributed by atoms with E-state index in [2.05, 4.69) is 29.3 Å². The van der Waals surface area contributed by atoms with Gasteiger partial charge in [0.15, 0.2) is 0 Å². The third-order valence-corrected chi connectivity index (χ3v) is 6.22. The number of carbonyl (C=O) groups excluding carboxylic acids is 2. The summed E-state index contributed by atoms with van der Waals surface area (Å²) in [6.45, 7) is 5.17. The number of carbonyl (C=O) groups is 2. The molecule has 1 saturated heterocycles. The van der Waals surface area contributed by atoms with Gasteiger partial charge >= 0.3 is 0 Å². The summed E-state index contributed by atoms with van der Waals surface area (Å²) in [5.74, 6) is -0.336. The molecule has 2 aliphatic heterocycles. The third kappa shape index (κ3) is 5.02. The topological polar surface area (TPSA) is 52.7 Å². The van der Waals surface area contributed by atoms with Crippen LogP contribution in [0.2, 0.25) is 0 Å². The minimum Gasteiger partial charge on any atom is -0.353 e. The average molecular weight is 422 g/mol. The molecule has 0 aliphatic carbocycles. The molecule has 6 heteroatoms. The summed E-state index contributed by atoms with van der Waals surface area (Å²) in [5.41, 5.74) is 4.48. The number of hydrogen-bond donors (Lipinski definition) is 1. The van der Waals surface area contributed by atoms with Crippen LogP contribution in [-0.4, -0.2) is 53.8 Å². The van der Waals surface area contributed by atoms with E-state index in [9.17, 15) is 14.0 Å². The molecule has 2 aromatic rings. The Hall–Kier alpha value is -2.99. The van der Waals surface area contributed by atoms with Gasteiger partial charge in [0.05, 0.1) is 12.5 Å². The van der Waals surface area contributed by atoms with Gasteiger partial charge in [0.1, 0.15) is 5.82 Å². The summed E-state index contributed by atoms with van der Waals surface area (Å²) in [4.78, 5) is 29.5. The number of aryl methyl sites for hydroxylation is 1. The number of halogens is 1. The molecule has 2 aliphatic rings. The second-order valence-corrected chi connectivity index (χ2v) is 8.23. The lowest BCUT2D eigenvalue weighted by Crippen LogP contribution is -2.56. The van der Waals surface area contributed by atoms with E-state index in [1.165, 1.54) is 23.3 Å². The number of benzene rings is 2. The molecule has 4 rings (SSSR count). The summed E-state index contributed by atoms with van der Waals surface area (Å²) in [6, 6.07) is 14.2. The number of piperazine rings is 1. The van der Waals surface area contributed by atoms with E-state index in [4.69, 9.17) is 0 Å². The lowest BCUT2D eigenvalue weighted by Gasteiger charge is -2.36. The van der Waals surface area contributed by atoms with E-state index in [1.54, 1.807) is 17.0 Å². The predicted molar refractivity (Wildman–Crippen MR) is 119 cm³/mol. The first-order valence-corrected chi connectivity index (χ1v) is 10.8. The fourth-order valence-corrected chi connectivity index (χ4v) is 4.30. The van der Waals surface area contributed by atoms with Gasteiger partial charge in [-0.1, -0.05) is 42.5 Å². The number of hydrogen-bond acceptors (Lipinski definition) is 3. The molecule has 0 unspecified atom stereocenters. The van der Waals surface area contributed by atoms with Gasteiger partial charge in [0.25, 0.3) is 0 Å². The van der Waals surface area contributed by atoms with Crippen molar-refractivity contribution in [2.45, 2.75) is 32.4 Å². The molecule has 162 valence electrons. The van der Waals surface area contributed by atoms with Crippen LogP contribution in [0.3, 0.4) is 0 Å². The molecule has 0 spiro atoms. The maximum absolute atomic E-state index is 13.2. The van der Waals surface area contributed by atoms with Gasteiger partial charge in [-0.25, -0.2) is 4.39 Å². The Morgan fingerprint density at radius 2 is 1.90 bits per heavy atom. The standard InChI is InChI=1S/C25H28FN3O2/c1-18-4-2-3-5-21(18)17-29-15-12-27-25(31)23(29)16-24(30)28-13-10-20(11-14-28)19-6-8-22(26)9-7-19/h2-10,23H,11-17H2,1H3,(H,27,31)/t23-/m1/s1. The summed E-state index contributed by atoms with van der Waals surface area (Å²) >= 11 is 0. The number of nitrogens with one attached hydrogen (secondary N) is 1. The van der Waals surface area contributed by atoms with Crippen LogP contribution in [0, 0.1) is 12.7 Å². The van der Waals surface area contributed by atoms with E-state index in [0.29, 0.717) is 26.2 Å². The minimum atomic E-state index is -0.455. The highest BCUT2D eigenvalue weighted by Crippen LogP contribution is 2.24. The second kappa shape index (κ2) is 9.43. The first-order chi connectivity index (χ1) is 15.0. The quantitative estimate of drug-likeness (QED) is 0.807. The molecule has 1 N–H and O–H groups in total. The van der Waals surface area contributed by atoms with Crippen molar-refractivity contribution in [1.82, 2.24) is 15.1 Å². The average Bonchev–Trinajstić information content (AvgIpc) is 2.78. The van der Waals surface area contributed by atoms with E-state index >= 15 is 0 Å². The Morgan fingerprint density at radius 3 is 2.61 bits per heavy atom. The molecule has 2 amide bonds. The lowest BCUT2D eigenvalue weighted by molar-refractivity contribution is -0.138. The molecule has 0 radical (unpaired) electrons. The van der Waals surface area contributed by atoms with Crippen molar-refractivity contribution in [2.75, 3.05) is 26.2 Å². The van der Waals surface area contributed by atoms with Crippen LogP contribution in [0.25, 0.3) is 5.57 Å². The molecule has 5 nitrogen and oxygen atoms in total. The van der Waals surface area contributed by atoms with Crippen molar-refractivity contribution in [3.05, 3.63) is 77.1 Å². The molecular weight excluding hydrogens is 393 g/mol. The van der Waals surface area contributed by atoms with E-state index in [1.807, 2.05) is 18.2 Å². The maximum atomic E-state index is 13.2. The van der Waals surface area contributed by atoms with Gasteiger partial charge in [-0.15, -0.1) is 0 Å². The SMILES string of the molecule is Cc1ccccc1CN1CCNC(=O)[C@H]1CC(=O)N1CC=C(c2ccc(F)cc2)CC1. The van der Waals surface area contributed by atoms with Gasteiger partial charge < -0.3 is 10.2 Å². The summed E-state index contributed by atoms with van der Waals surface area (Å²) in [5, 5.41) is 2.91. The second-order valence-electron chi connectivity index (χ2n) is 8.23. The fraction of sp³-hybridized carbons (Fsp3) is 0.360. The third-order valence-electron chi connectivity index (χ3n) is 6.22. The van der Waals surface area contributed by atoms with Crippen molar-refractivity contribution in [3.63, 3.8) is 0 Å². The largest absolute Gasteiger partial charge is 0.353 e. The lowest BCUT2D eigenvalue weighted by atomic mass is 9.98. The molecule has 2 aromatic carbocycles. The minimum absolute atomic E-state index is 0.00811. The van der Waals surface area contributed by atoms with Crippen molar-refractivity contribution in [1.29, 1.82) is 0 Å². The maximum Gasteiger partial charge on any atom is 0.237 e. The Bertz CT molecular complexity index is 987. The van der Waals surface area contributed by atoms with Crippen LogP contribution < -0.4 is 5.32 Å². The molecule has 1 fully saturated rings. The van der Waals surface area contributed by atoms with Crippen LogP contribution >= 0.6 is 0 Å². The van der Waals surface area contributed by atoms with Gasteiger partial charge in [-0.05, 0) is 47.7 Å². The molecule has 0 saturated carbocycles. The van der Waals surface area contributed by atoms with E-state index in [-0.39, 0.29) is 24.1 Å². The normalized spacial score (nSPS) is 19.7. The van der Waals surface area contributed by atoms with Crippen molar-refractivity contribution in [2.24, 2.45) is 0 Å². The van der Waals surface area contributed by atoms with Crippen LogP contribution in [0.4, 0.5) is 4.39 Å².